The van der Waals surface area contributed by atoms with Crippen LogP contribution in [0.1, 0.15) is 25.3 Å². The molecular weight excluding hydrogens is 336 g/mol. The molecule has 0 aliphatic heterocycles. The first-order chi connectivity index (χ1) is 12.2. The summed E-state index contributed by atoms with van der Waals surface area (Å²) >= 11 is 5.88. The first kappa shape index (κ1) is 17.2. The van der Waals surface area contributed by atoms with Gasteiger partial charge in [0.25, 0.3) is 5.56 Å². The molecule has 0 fully saturated rings. The number of hydrogen-bond donors (Lipinski definition) is 1. The van der Waals surface area contributed by atoms with Gasteiger partial charge in [-0.2, -0.15) is 5.10 Å². The Bertz CT molecular complexity index is 948. The summed E-state index contributed by atoms with van der Waals surface area (Å²) in [5.41, 5.74) is 4.41. The quantitative estimate of drug-likeness (QED) is 0.530. The van der Waals surface area contributed by atoms with Crippen molar-refractivity contribution in [3.63, 3.8) is 0 Å². The number of rotatable bonds is 6. The first-order valence-electron chi connectivity index (χ1n) is 8.23. The van der Waals surface area contributed by atoms with E-state index >= 15 is 0 Å². The number of halogens is 1. The molecule has 3 aromatic rings. The lowest BCUT2D eigenvalue weighted by atomic mass is 10.2. The van der Waals surface area contributed by atoms with Crippen LogP contribution in [0.15, 0.2) is 58.4 Å². The topological polar surface area (TPSA) is 59.3 Å². The maximum absolute atomic E-state index is 12.7. The van der Waals surface area contributed by atoms with Crippen LogP contribution in [0, 0.1) is 0 Å². The first-order valence-corrected chi connectivity index (χ1v) is 8.61. The third-order valence-electron chi connectivity index (χ3n) is 3.85. The van der Waals surface area contributed by atoms with Gasteiger partial charge in [0.05, 0.1) is 17.1 Å². The van der Waals surface area contributed by atoms with E-state index < -0.39 is 0 Å². The largest absolute Gasteiger partial charge is 0.277 e. The zero-order valence-electron chi connectivity index (χ0n) is 13.9. The molecule has 0 amide bonds. The van der Waals surface area contributed by atoms with Gasteiger partial charge in [-0.05, 0) is 36.2 Å². The Labute approximate surface area is 151 Å². The minimum Gasteiger partial charge on any atom is -0.277 e. The highest BCUT2D eigenvalue weighted by Gasteiger charge is 2.09. The maximum Gasteiger partial charge on any atom is 0.262 e. The molecule has 25 heavy (non-hydrogen) atoms. The molecule has 0 bridgehead atoms. The molecular formula is C19H19ClN4O. The Balaban J connectivity index is 1.93. The van der Waals surface area contributed by atoms with Gasteiger partial charge in [-0.25, -0.2) is 10.4 Å². The SMILES string of the molecule is CCCCn1c(N/N=C/c2ccc(Cl)cc2)nc2ccccc2c1=O. The summed E-state index contributed by atoms with van der Waals surface area (Å²) in [4.78, 5) is 17.3. The van der Waals surface area contributed by atoms with Gasteiger partial charge in [0.1, 0.15) is 0 Å². The molecule has 0 aliphatic rings. The number of nitrogens with zero attached hydrogens (tertiary/aromatic N) is 3. The lowest BCUT2D eigenvalue weighted by Crippen LogP contribution is -2.24. The van der Waals surface area contributed by atoms with Gasteiger partial charge < -0.3 is 0 Å². The Kier molecular flexibility index (Phi) is 5.46. The highest BCUT2D eigenvalue weighted by molar-refractivity contribution is 6.30. The highest BCUT2D eigenvalue weighted by atomic mass is 35.5. The molecule has 1 heterocycles. The number of anilines is 1. The van der Waals surface area contributed by atoms with Crippen molar-refractivity contribution in [2.24, 2.45) is 5.10 Å². The molecule has 5 nitrogen and oxygen atoms in total. The van der Waals surface area contributed by atoms with E-state index in [1.54, 1.807) is 29.0 Å². The van der Waals surface area contributed by atoms with E-state index in [0.29, 0.717) is 28.4 Å². The lowest BCUT2D eigenvalue weighted by Gasteiger charge is -2.12. The third-order valence-corrected chi connectivity index (χ3v) is 4.10. The molecule has 3 rings (SSSR count). The second kappa shape index (κ2) is 7.94. The Morgan fingerprint density at radius 3 is 2.72 bits per heavy atom. The fraction of sp³-hybridized carbons (Fsp3) is 0.211. The number of nitrogens with one attached hydrogen (secondary N) is 1. The van der Waals surface area contributed by atoms with Crippen molar-refractivity contribution in [3.8, 4) is 0 Å². The van der Waals surface area contributed by atoms with Crippen molar-refractivity contribution < 1.29 is 0 Å². The monoisotopic (exact) mass is 354 g/mol. The van der Waals surface area contributed by atoms with Gasteiger partial charge in [0.15, 0.2) is 0 Å². The van der Waals surface area contributed by atoms with Crippen LogP contribution in [0.5, 0.6) is 0 Å². The average Bonchev–Trinajstić information content (AvgIpc) is 2.63. The summed E-state index contributed by atoms with van der Waals surface area (Å²) < 4.78 is 1.64. The van der Waals surface area contributed by atoms with Gasteiger partial charge in [0, 0.05) is 11.6 Å². The van der Waals surface area contributed by atoms with E-state index in [2.05, 4.69) is 22.4 Å². The summed E-state index contributed by atoms with van der Waals surface area (Å²) in [6.07, 6.45) is 3.56. The number of para-hydroxylation sites is 1. The van der Waals surface area contributed by atoms with Gasteiger partial charge >= 0.3 is 0 Å². The minimum atomic E-state index is -0.0526. The van der Waals surface area contributed by atoms with Crippen molar-refractivity contribution in [1.29, 1.82) is 0 Å². The van der Waals surface area contributed by atoms with Gasteiger partial charge in [-0.1, -0.05) is 49.2 Å². The number of fused-ring (bicyclic) bond motifs is 1. The van der Waals surface area contributed by atoms with Crippen LogP contribution < -0.4 is 11.0 Å². The summed E-state index contributed by atoms with van der Waals surface area (Å²) in [5, 5.41) is 5.51. The number of unbranched alkanes of at least 4 members (excludes halogenated alkanes) is 1. The predicted octanol–water partition coefficient (Wildman–Crippen LogP) is 4.30. The van der Waals surface area contributed by atoms with E-state index in [-0.39, 0.29) is 5.56 Å². The van der Waals surface area contributed by atoms with E-state index in [1.807, 2.05) is 30.3 Å². The zero-order valence-corrected chi connectivity index (χ0v) is 14.7. The highest BCUT2D eigenvalue weighted by Crippen LogP contribution is 2.12. The molecule has 128 valence electrons. The molecule has 0 saturated heterocycles. The van der Waals surface area contributed by atoms with Crippen molar-refractivity contribution >= 4 is 34.7 Å². The van der Waals surface area contributed by atoms with Crippen molar-refractivity contribution in [3.05, 3.63) is 69.5 Å². The Hall–Kier alpha value is -2.66. The Morgan fingerprint density at radius 1 is 1.20 bits per heavy atom. The van der Waals surface area contributed by atoms with Crippen molar-refractivity contribution in [2.75, 3.05) is 5.43 Å². The van der Waals surface area contributed by atoms with Crippen molar-refractivity contribution in [1.82, 2.24) is 9.55 Å². The lowest BCUT2D eigenvalue weighted by molar-refractivity contribution is 0.614. The molecule has 0 spiro atoms. The summed E-state index contributed by atoms with van der Waals surface area (Å²) in [6.45, 7) is 2.69. The number of hydrogen-bond acceptors (Lipinski definition) is 4. The fourth-order valence-corrected chi connectivity index (χ4v) is 2.62. The summed E-state index contributed by atoms with van der Waals surface area (Å²) in [7, 11) is 0. The van der Waals surface area contributed by atoms with Gasteiger partial charge in [0.2, 0.25) is 5.95 Å². The van der Waals surface area contributed by atoms with Crippen molar-refractivity contribution in [2.45, 2.75) is 26.3 Å². The smallest absolute Gasteiger partial charge is 0.262 e. The number of benzene rings is 2. The normalized spacial score (nSPS) is 11.3. The van der Waals surface area contributed by atoms with E-state index in [4.69, 9.17) is 11.6 Å². The third kappa shape index (κ3) is 4.06. The van der Waals surface area contributed by atoms with Gasteiger partial charge in [-0.3, -0.25) is 9.36 Å². The van der Waals surface area contributed by atoms with Gasteiger partial charge in [-0.15, -0.1) is 0 Å². The molecule has 0 aliphatic carbocycles. The van der Waals surface area contributed by atoms with Crippen LogP contribution >= 0.6 is 11.6 Å². The molecule has 0 atom stereocenters. The molecule has 1 N–H and O–H groups in total. The second-order valence-electron chi connectivity index (χ2n) is 5.68. The standard InChI is InChI=1S/C19H19ClN4O/c1-2-3-12-24-18(25)16-6-4-5-7-17(16)22-19(24)23-21-13-14-8-10-15(20)11-9-14/h4-11,13H,2-3,12H2,1H3,(H,22,23)/b21-13+. The average molecular weight is 355 g/mol. The molecule has 0 radical (unpaired) electrons. The zero-order chi connectivity index (χ0) is 17.6. The Morgan fingerprint density at radius 2 is 1.96 bits per heavy atom. The van der Waals surface area contributed by atoms with E-state index in [0.717, 1.165) is 18.4 Å². The molecule has 6 heteroatoms. The molecule has 2 aromatic carbocycles. The van der Waals surface area contributed by atoms with Crippen LogP contribution in [0.25, 0.3) is 10.9 Å². The van der Waals surface area contributed by atoms with Crippen LogP contribution in [-0.4, -0.2) is 15.8 Å². The van der Waals surface area contributed by atoms with E-state index in [9.17, 15) is 4.79 Å². The second-order valence-corrected chi connectivity index (χ2v) is 6.12. The molecule has 0 saturated carbocycles. The van der Waals surface area contributed by atoms with Crippen LogP contribution in [0.2, 0.25) is 5.02 Å². The van der Waals surface area contributed by atoms with Crippen LogP contribution in [0.4, 0.5) is 5.95 Å². The number of hydrazone groups is 1. The summed E-state index contributed by atoms with van der Waals surface area (Å²) in [5.74, 6) is 0.447. The fourth-order valence-electron chi connectivity index (χ4n) is 2.49. The molecule has 0 unspecified atom stereocenters. The number of aromatic nitrogens is 2. The summed E-state index contributed by atoms with van der Waals surface area (Å²) in [6, 6.07) is 14.7. The van der Waals surface area contributed by atoms with E-state index in [1.165, 1.54) is 0 Å². The molecule has 1 aromatic heterocycles. The van der Waals surface area contributed by atoms with Crippen LogP contribution in [0.3, 0.4) is 0 Å². The maximum atomic E-state index is 12.7. The predicted molar refractivity (Wildman–Crippen MR) is 104 cm³/mol. The minimum absolute atomic E-state index is 0.0526. The van der Waals surface area contributed by atoms with Crippen LogP contribution in [-0.2, 0) is 6.54 Å².